The highest BCUT2D eigenvalue weighted by atomic mass is 16.5. The van der Waals surface area contributed by atoms with E-state index < -0.39 is 0 Å². The highest BCUT2D eigenvalue weighted by Crippen LogP contribution is 2.27. The number of aromatic nitrogens is 4. The topological polar surface area (TPSA) is 83.9 Å². The molecule has 2 heterocycles. The molecule has 0 aliphatic rings. The van der Waals surface area contributed by atoms with Crippen LogP contribution >= 0.6 is 0 Å². The minimum absolute atomic E-state index is 0.0730. The Morgan fingerprint density at radius 3 is 2.95 bits per heavy atom. The van der Waals surface area contributed by atoms with E-state index in [0.29, 0.717) is 29.2 Å². The van der Waals surface area contributed by atoms with E-state index in [4.69, 9.17) is 9.84 Å². The summed E-state index contributed by atoms with van der Waals surface area (Å²) in [6.45, 7) is 0.0730. The molecule has 0 amide bonds. The highest BCUT2D eigenvalue weighted by Gasteiger charge is 2.10. The van der Waals surface area contributed by atoms with Gasteiger partial charge in [-0.05, 0) is 18.1 Å². The zero-order valence-corrected chi connectivity index (χ0v) is 10.1. The number of ether oxygens (including phenoxy) is 1. The second-order valence-electron chi connectivity index (χ2n) is 3.96. The number of aliphatic hydroxyl groups excluding tert-OH is 1. The molecule has 0 fully saturated rings. The van der Waals surface area contributed by atoms with Crippen molar-refractivity contribution in [3.8, 4) is 11.6 Å². The maximum atomic E-state index is 9.05. The molecule has 96 valence electrons. The van der Waals surface area contributed by atoms with Gasteiger partial charge < -0.3 is 14.8 Å². The number of aromatic amines is 1. The molecule has 6 heteroatoms. The lowest BCUT2D eigenvalue weighted by molar-refractivity contribution is 0.297. The monoisotopic (exact) mass is 256 g/mol. The van der Waals surface area contributed by atoms with Gasteiger partial charge in [0.1, 0.15) is 17.6 Å². The first-order valence-corrected chi connectivity index (χ1v) is 5.89. The van der Waals surface area contributed by atoms with Gasteiger partial charge in [-0.25, -0.2) is 9.97 Å². The van der Waals surface area contributed by atoms with Crippen LogP contribution in [0.25, 0.3) is 11.2 Å². The fraction of sp³-hybridized carbons (Fsp3) is 0.154. The second-order valence-corrected chi connectivity index (χ2v) is 3.96. The maximum Gasteiger partial charge on any atom is 0.248 e. The molecule has 0 bridgehead atoms. The number of imidazole rings is 1. The molecule has 0 saturated carbocycles. The Kier molecular flexibility index (Phi) is 3.07. The van der Waals surface area contributed by atoms with Crippen molar-refractivity contribution in [3.05, 3.63) is 42.5 Å². The Hall–Kier alpha value is -2.47. The van der Waals surface area contributed by atoms with Crippen LogP contribution in [0.4, 0.5) is 0 Å². The smallest absolute Gasteiger partial charge is 0.248 e. The van der Waals surface area contributed by atoms with Crippen LogP contribution in [-0.4, -0.2) is 31.6 Å². The average Bonchev–Trinajstić information content (AvgIpc) is 2.91. The number of fused-ring (bicyclic) bond motifs is 1. The summed E-state index contributed by atoms with van der Waals surface area (Å²) >= 11 is 0. The van der Waals surface area contributed by atoms with Crippen molar-refractivity contribution in [3.63, 3.8) is 0 Å². The first-order valence-electron chi connectivity index (χ1n) is 5.89. The third-order valence-corrected chi connectivity index (χ3v) is 2.75. The molecule has 0 radical (unpaired) electrons. The van der Waals surface area contributed by atoms with E-state index in [0.717, 1.165) is 5.56 Å². The van der Waals surface area contributed by atoms with Gasteiger partial charge in [0.2, 0.25) is 5.88 Å². The first kappa shape index (κ1) is 11.6. The van der Waals surface area contributed by atoms with Crippen LogP contribution < -0.4 is 4.74 Å². The molecule has 0 saturated heterocycles. The lowest BCUT2D eigenvalue weighted by Gasteiger charge is -2.09. The van der Waals surface area contributed by atoms with Gasteiger partial charge in [0.25, 0.3) is 0 Å². The number of hydrogen-bond acceptors (Lipinski definition) is 5. The quantitative estimate of drug-likeness (QED) is 0.742. The molecule has 3 aromatic rings. The summed E-state index contributed by atoms with van der Waals surface area (Å²) in [6.07, 6.45) is 3.49. The van der Waals surface area contributed by atoms with Crippen molar-refractivity contribution in [2.45, 2.75) is 6.42 Å². The number of nitrogens with one attached hydrogen (secondary N) is 1. The van der Waals surface area contributed by atoms with Crippen molar-refractivity contribution < 1.29 is 9.84 Å². The van der Waals surface area contributed by atoms with E-state index in [1.807, 2.05) is 24.3 Å². The summed E-state index contributed by atoms with van der Waals surface area (Å²) in [5.41, 5.74) is 2.14. The minimum atomic E-state index is 0.0730. The summed E-state index contributed by atoms with van der Waals surface area (Å²) in [6, 6.07) is 7.54. The maximum absolute atomic E-state index is 9.05. The second kappa shape index (κ2) is 5.03. The van der Waals surface area contributed by atoms with Crippen molar-refractivity contribution in [1.29, 1.82) is 0 Å². The molecule has 0 unspecified atom stereocenters. The van der Waals surface area contributed by atoms with E-state index in [-0.39, 0.29) is 6.61 Å². The predicted molar refractivity (Wildman–Crippen MR) is 69.0 cm³/mol. The van der Waals surface area contributed by atoms with E-state index in [2.05, 4.69) is 19.9 Å². The Morgan fingerprint density at radius 2 is 2.05 bits per heavy atom. The van der Waals surface area contributed by atoms with E-state index in [9.17, 15) is 0 Å². The van der Waals surface area contributed by atoms with Crippen LogP contribution in [0.2, 0.25) is 0 Å². The van der Waals surface area contributed by atoms with E-state index >= 15 is 0 Å². The van der Waals surface area contributed by atoms with Gasteiger partial charge in [-0.3, -0.25) is 0 Å². The summed E-state index contributed by atoms with van der Waals surface area (Å²) < 4.78 is 5.80. The number of benzene rings is 1. The normalized spacial score (nSPS) is 10.8. The zero-order chi connectivity index (χ0) is 13.1. The van der Waals surface area contributed by atoms with Crippen LogP contribution in [-0.2, 0) is 6.42 Å². The summed E-state index contributed by atoms with van der Waals surface area (Å²) in [4.78, 5) is 15.1. The van der Waals surface area contributed by atoms with Crippen molar-refractivity contribution in [1.82, 2.24) is 19.9 Å². The Morgan fingerprint density at radius 1 is 1.16 bits per heavy atom. The minimum Gasteiger partial charge on any atom is -0.437 e. The molecular weight excluding hydrogens is 244 g/mol. The van der Waals surface area contributed by atoms with Gasteiger partial charge in [0.05, 0.1) is 6.33 Å². The lowest BCUT2D eigenvalue weighted by atomic mass is 10.1. The van der Waals surface area contributed by atoms with Crippen LogP contribution in [0, 0.1) is 0 Å². The van der Waals surface area contributed by atoms with Crippen molar-refractivity contribution in [2.24, 2.45) is 0 Å². The van der Waals surface area contributed by atoms with Gasteiger partial charge in [0, 0.05) is 6.61 Å². The van der Waals surface area contributed by atoms with E-state index in [1.165, 1.54) is 6.33 Å². The molecule has 0 aliphatic carbocycles. The number of rotatable bonds is 4. The number of hydrogen-bond donors (Lipinski definition) is 2. The molecule has 2 N–H and O–H groups in total. The third kappa shape index (κ3) is 2.25. The predicted octanol–water partition coefficient (Wildman–Crippen LogP) is 1.68. The molecule has 0 atom stereocenters. The Bertz CT molecular complexity index is 696. The molecule has 0 spiro atoms. The molecule has 1 aromatic carbocycles. The fourth-order valence-corrected chi connectivity index (χ4v) is 1.85. The van der Waals surface area contributed by atoms with Crippen molar-refractivity contribution in [2.75, 3.05) is 6.61 Å². The summed E-state index contributed by atoms with van der Waals surface area (Å²) in [5.74, 6) is 1.10. The van der Waals surface area contributed by atoms with Crippen molar-refractivity contribution >= 4 is 11.2 Å². The standard InChI is InChI=1S/C13H12N4O2/c18-6-5-9-3-1-2-4-10(9)19-13-11-12(15-7-14-11)16-8-17-13/h1-4,7-8,18H,5-6H2,(H,14,15,16,17). The fourth-order valence-electron chi connectivity index (χ4n) is 1.85. The van der Waals surface area contributed by atoms with Gasteiger partial charge >= 0.3 is 0 Å². The molecular formula is C13H12N4O2. The number of nitrogens with zero attached hydrogens (tertiary/aromatic N) is 3. The largest absolute Gasteiger partial charge is 0.437 e. The highest BCUT2D eigenvalue weighted by molar-refractivity contribution is 5.75. The third-order valence-electron chi connectivity index (χ3n) is 2.75. The Labute approximate surface area is 109 Å². The number of para-hydroxylation sites is 1. The number of aliphatic hydroxyl groups is 1. The van der Waals surface area contributed by atoms with Gasteiger partial charge in [-0.2, -0.15) is 4.98 Å². The van der Waals surface area contributed by atoms with Gasteiger partial charge in [-0.15, -0.1) is 0 Å². The summed E-state index contributed by atoms with van der Waals surface area (Å²) in [7, 11) is 0. The SMILES string of the molecule is OCCc1ccccc1Oc1ncnc2nc[nH]c12. The lowest BCUT2D eigenvalue weighted by Crippen LogP contribution is -1.97. The summed E-state index contributed by atoms with van der Waals surface area (Å²) in [5, 5.41) is 9.05. The molecule has 2 aromatic heterocycles. The average molecular weight is 256 g/mol. The molecule has 6 nitrogen and oxygen atoms in total. The zero-order valence-electron chi connectivity index (χ0n) is 10.1. The molecule has 19 heavy (non-hydrogen) atoms. The van der Waals surface area contributed by atoms with Crippen LogP contribution in [0.1, 0.15) is 5.56 Å². The van der Waals surface area contributed by atoms with Gasteiger partial charge in [0.15, 0.2) is 5.65 Å². The molecule has 0 aliphatic heterocycles. The first-order chi connectivity index (χ1) is 9.38. The van der Waals surface area contributed by atoms with E-state index in [1.54, 1.807) is 6.33 Å². The Balaban J connectivity index is 1.99. The van der Waals surface area contributed by atoms with Crippen LogP contribution in [0.5, 0.6) is 11.6 Å². The molecule has 3 rings (SSSR count). The van der Waals surface area contributed by atoms with Crippen LogP contribution in [0.3, 0.4) is 0 Å². The number of H-pyrrole nitrogens is 1. The van der Waals surface area contributed by atoms with Gasteiger partial charge in [-0.1, -0.05) is 18.2 Å². The van der Waals surface area contributed by atoms with Crippen LogP contribution in [0.15, 0.2) is 36.9 Å².